The lowest BCUT2D eigenvalue weighted by molar-refractivity contribution is 0.627. The lowest BCUT2D eigenvalue weighted by Gasteiger charge is -2.36. The van der Waals surface area contributed by atoms with E-state index in [0.29, 0.717) is 0 Å². The molecule has 25 heavy (non-hydrogen) atoms. The average molecular weight is 349 g/mol. The second kappa shape index (κ2) is 6.64. The number of rotatable bonds is 3. The molecule has 1 unspecified atom stereocenters. The Bertz CT molecular complexity index is 879. The summed E-state index contributed by atoms with van der Waals surface area (Å²) in [6.45, 7) is 3.09. The predicted molar refractivity (Wildman–Crippen MR) is 106 cm³/mol. The number of benzene rings is 2. The highest BCUT2D eigenvalue weighted by Gasteiger charge is 2.39. The van der Waals surface area contributed by atoms with E-state index in [-0.39, 0.29) is 11.2 Å². The topological polar surface area (TPSA) is 12.4 Å². The van der Waals surface area contributed by atoms with Crippen molar-refractivity contribution >= 4 is 29.0 Å². The van der Waals surface area contributed by atoms with Crippen molar-refractivity contribution < 1.29 is 4.39 Å². The van der Waals surface area contributed by atoms with E-state index in [1.807, 2.05) is 23.9 Å². The average Bonchev–Trinajstić information content (AvgIpc) is 3.16. The van der Waals surface area contributed by atoms with Gasteiger partial charge in [-0.25, -0.2) is 4.39 Å². The van der Waals surface area contributed by atoms with Crippen LogP contribution in [0.4, 0.5) is 4.39 Å². The molecule has 0 radical (unpaired) electrons. The molecule has 0 bridgehead atoms. The van der Waals surface area contributed by atoms with Crippen LogP contribution in [0.3, 0.4) is 0 Å². The smallest absolute Gasteiger partial charge is 0.123 e. The van der Waals surface area contributed by atoms with Gasteiger partial charge in [0.2, 0.25) is 0 Å². The Morgan fingerprint density at radius 3 is 2.68 bits per heavy atom. The number of nitrogens with zero attached hydrogens (tertiary/aromatic N) is 1. The predicted octanol–water partition coefficient (Wildman–Crippen LogP) is 5.63. The van der Waals surface area contributed by atoms with E-state index >= 15 is 0 Å². The van der Waals surface area contributed by atoms with Crippen molar-refractivity contribution in [2.75, 3.05) is 12.3 Å². The number of hydrogen-bond donors (Lipinski definition) is 0. The Kier molecular flexibility index (Phi) is 4.34. The fourth-order valence-corrected chi connectivity index (χ4v) is 4.68. The molecule has 2 aromatic rings. The molecule has 2 aliphatic rings. The fraction of sp³-hybridized carbons (Fsp3) is 0.227. The molecule has 0 spiro atoms. The SMILES string of the molecule is CC1=Cc2ccccc2CC1(C=Cc1ccc(F)cc1)C1=NCCS1. The van der Waals surface area contributed by atoms with Gasteiger partial charge in [-0.2, -0.15) is 0 Å². The van der Waals surface area contributed by atoms with Crippen LogP contribution < -0.4 is 0 Å². The number of aliphatic imine (C=N–C) groups is 1. The molecule has 1 atom stereocenters. The zero-order valence-electron chi connectivity index (χ0n) is 14.2. The van der Waals surface area contributed by atoms with Crippen LogP contribution in [-0.2, 0) is 6.42 Å². The maximum absolute atomic E-state index is 13.2. The van der Waals surface area contributed by atoms with Crippen LogP contribution in [0, 0.1) is 11.2 Å². The summed E-state index contributed by atoms with van der Waals surface area (Å²) in [4.78, 5) is 4.81. The molecule has 0 aromatic heterocycles. The lowest BCUT2D eigenvalue weighted by Crippen LogP contribution is -2.32. The van der Waals surface area contributed by atoms with Crippen LogP contribution in [0.5, 0.6) is 0 Å². The second-order valence-corrected chi connectivity index (χ2v) is 7.68. The largest absolute Gasteiger partial charge is 0.281 e. The maximum atomic E-state index is 13.2. The van der Waals surface area contributed by atoms with Gasteiger partial charge in [-0.15, -0.1) is 11.8 Å². The van der Waals surface area contributed by atoms with Gasteiger partial charge in [0.15, 0.2) is 0 Å². The molecule has 0 saturated carbocycles. The van der Waals surface area contributed by atoms with E-state index in [4.69, 9.17) is 4.99 Å². The summed E-state index contributed by atoms with van der Waals surface area (Å²) in [5, 5.41) is 1.20. The van der Waals surface area contributed by atoms with Gasteiger partial charge in [0.1, 0.15) is 5.82 Å². The number of fused-ring (bicyclic) bond motifs is 1. The van der Waals surface area contributed by atoms with Crippen molar-refractivity contribution in [2.45, 2.75) is 13.3 Å². The van der Waals surface area contributed by atoms with Gasteiger partial charge in [0.05, 0.1) is 10.5 Å². The third-order valence-corrected chi connectivity index (χ3v) is 6.15. The lowest BCUT2D eigenvalue weighted by atomic mass is 9.71. The van der Waals surface area contributed by atoms with Gasteiger partial charge in [-0.05, 0) is 42.2 Å². The van der Waals surface area contributed by atoms with Gasteiger partial charge in [-0.1, -0.05) is 60.2 Å². The Balaban J connectivity index is 1.78. The van der Waals surface area contributed by atoms with Gasteiger partial charge in [0, 0.05) is 12.3 Å². The highest BCUT2D eigenvalue weighted by Crippen LogP contribution is 2.45. The highest BCUT2D eigenvalue weighted by atomic mass is 32.2. The Labute approximate surface area is 152 Å². The molecule has 3 heteroatoms. The van der Waals surface area contributed by atoms with Gasteiger partial charge in [-0.3, -0.25) is 4.99 Å². The van der Waals surface area contributed by atoms with Crippen LogP contribution in [0.25, 0.3) is 12.2 Å². The number of thioether (sulfide) groups is 1. The van der Waals surface area contributed by atoms with Crippen molar-refractivity contribution in [1.29, 1.82) is 0 Å². The van der Waals surface area contributed by atoms with Crippen molar-refractivity contribution in [1.82, 2.24) is 0 Å². The van der Waals surface area contributed by atoms with Gasteiger partial charge >= 0.3 is 0 Å². The normalized spacial score (nSPS) is 22.6. The zero-order chi connectivity index (χ0) is 17.3. The number of allylic oxidation sites excluding steroid dienone is 2. The van der Waals surface area contributed by atoms with Crippen LogP contribution in [-0.4, -0.2) is 17.3 Å². The van der Waals surface area contributed by atoms with Gasteiger partial charge in [0.25, 0.3) is 0 Å². The summed E-state index contributed by atoms with van der Waals surface area (Å²) in [7, 11) is 0. The van der Waals surface area contributed by atoms with E-state index in [1.165, 1.54) is 33.9 Å². The van der Waals surface area contributed by atoms with Crippen LogP contribution >= 0.6 is 11.8 Å². The first-order valence-corrected chi connectivity index (χ1v) is 9.55. The summed E-state index contributed by atoms with van der Waals surface area (Å²) < 4.78 is 13.2. The molecule has 1 nitrogen and oxygen atoms in total. The van der Waals surface area contributed by atoms with E-state index < -0.39 is 0 Å². The van der Waals surface area contributed by atoms with Crippen molar-refractivity contribution in [3.63, 3.8) is 0 Å². The number of hydrogen-bond acceptors (Lipinski definition) is 2. The molecule has 1 heterocycles. The number of halogens is 1. The molecular weight excluding hydrogens is 329 g/mol. The molecule has 0 fully saturated rings. The molecule has 1 aliphatic heterocycles. The zero-order valence-corrected chi connectivity index (χ0v) is 15.0. The third-order valence-electron chi connectivity index (χ3n) is 5.00. The first-order valence-electron chi connectivity index (χ1n) is 8.57. The van der Waals surface area contributed by atoms with E-state index in [2.05, 4.69) is 49.4 Å². The maximum Gasteiger partial charge on any atom is 0.123 e. The molecule has 0 N–H and O–H groups in total. The first-order chi connectivity index (χ1) is 12.2. The van der Waals surface area contributed by atoms with E-state index in [1.54, 1.807) is 0 Å². The third kappa shape index (κ3) is 3.09. The summed E-state index contributed by atoms with van der Waals surface area (Å²) in [6.07, 6.45) is 7.58. The van der Waals surface area contributed by atoms with E-state index in [9.17, 15) is 4.39 Å². The second-order valence-electron chi connectivity index (χ2n) is 6.59. The highest BCUT2D eigenvalue weighted by molar-refractivity contribution is 8.14. The standard InChI is InChI=1S/C22H20FNS/c1-16-14-18-4-2-3-5-19(18)15-22(16,21-24-12-13-25-21)11-10-17-6-8-20(23)9-7-17/h2-11,14H,12-13,15H2,1H3. The monoisotopic (exact) mass is 349 g/mol. The minimum absolute atomic E-state index is 0.191. The van der Waals surface area contributed by atoms with Crippen LogP contribution in [0.2, 0.25) is 0 Å². The molecular formula is C22H20FNS. The first kappa shape index (κ1) is 16.3. The molecule has 2 aromatic carbocycles. The van der Waals surface area contributed by atoms with Gasteiger partial charge < -0.3 is 0 Å². The van der Waals surface area contributed by atoms with E-state index in [0.717, 1.165) is 24.3 Å². The fourth-order valence-electron chi connectivity index (χ4n) is 3.56. The van der Waals surface area contributed by atoms with Crippen molar-refractivity contribution in [3.8, 4) is 0 Å². The quantitative estimate of drug-likeness (QED) is 0.699. The van der Waals surface area contributed by atoms with Crippen LogP contribution in [0.1, 0.15) is 23.6 Å². The minimum atomic E-state index is -0.203. The Morgan fingerprint density at radius 2 is 1.92 bits per heavy atom. The minimum Gasteiger partial charge on any atom is -0.281 e. The Morgan fingerprint density at radius 1 is 1.12 bits per heavy atom. The Hall–Kier alpha value is -2.13. The summed E-state index contributed by atoms with van der Waals surface area (Å²) >= 11 is 1.86. The molecule has 1 aliphatic carbocycles. The van der Waals surface area contributed by atoms with Crippen LogP contribution in [0.15, 0.2) is 65.2 Å². The molecule has 0 amide bonds. The van der Waals surface area contributed by atoms with Crippen molar-refractivity contribution in [2.24, 2.45) is 10.4 Å². The van der Waals surface area contributed by atoms with Crippen molar-refractivity contribution in [3.05, 3.63) is 82.7 Å². The summed E-state index contributed by atoms with van der Waals surface area (Å²) in [6, 6.07) is 15.2. The molecule has 4 rings (SSSR count). The molecule has 126 valence electrons. The molecule has 0 saturated heterocycles. The summed E-state index contributed by atoms with van der Waals surface area (Å²) in [5.41, 5.74) is 4.79. The summed E-state index contributed by atoms with van der Waals surface area (Å²) in [5.74, 6) is 0.849.